The molecule has 1 saturated carbocycles. The molecular formula is C12H17NO3. The maximum Gasteiger partial charge on any atom is 0.200 e. The van der Waals surface area contributed by atoms with Gasteiger partial charge in [0, 0.05) is 5.54 Å². The Bertz CT molecular complexity index is 374. The number of phenols is 1. The van der Waals surface area contributed by atoms with Crippen LogP contribution < -0.4 is 15.2 Å². The van der Waals surface area contributed by atoms with E-state index in [0.29, 0.717) is 11.5 Å². The molecule has 0 atom stereocenters. The van der Waals surface area contributed by atoms with Gasteiger partial charge in [-0.2, -0.15) is 0 Å². The highest BCUT2D eigenvalue weighted by Gasteiger charge is 2.38. The first-order valence-corrected chi connectivity index (χ1v) is 5.31. The molecule has 0 bridgehead atoms. The van der Waals surface area contributed by atoms with E-state index in [1.807, 2.05) is 12.1 Å². The molecule has 1 fully saturated rings. The highest BCUT2D eigenvalue weighted by Crippen LogP contribution is 2.41. The summed E-state index contributed by atoms with van der Waals surface area (Å²) in [5, 5.41) is 9.75. The first-order valence-electron chi connectivity index (χ1n) is 5.31. The predicted molar refractivity (Wildman–Crippen MR) is 61.1 cm³/mol. The summed E-state index contributed by atoms with van der Waals surface area (Å²) in [4.78, 5) is 0. The van der Waals surface area contributed by atoms with Gasteiger partial charge in [0.15, 0.2) is 11.5 Å². The predicted octanol–water partition coefficient (Wildman–Crippen LogP) is 1.44. The molecule has 0 aliphatic heterocycles. The second-order valence-electron chi connectivity index (χ2n) is 4.39. The summed E-state index contributed by atoms with van der Waals surface area (Å²) in [5.74, 6) is 0.896. The number of hydrogen-bond acceptors (Lipinski definition) is 4. The summed E-state index contributed by atoms with van der Waals surface area (Å²) in [6.07, 6.45) is 2.90. The number of methoxy groups -OCH3 is 2. The van der Waals surface area contributed by atoms with Crippen molar-refractivity contribution in [2.75, 3.05) is 14.2 Å². The Morgan fingerprint density at radius 2 is 1.75 bits per heavy atom. The number of ether oxygens (including phenoxy) is 2. The Hall–Kier alpha value is -1.42. The van der Waals surface area contributed by atoms with Crippen LogP contribution in [-0.2, 0) is 6.42 Å². The van der Waals surface area contributed by atoms with Crippen molar-refractivity contribution < 1.29 is 14.6 Å². The Balaban J connectivity index is 2.31. The first kappa shape index (κ1) is 11.1. The minimum Gasteiger partial charge on any atom is -0.502 e. The zero-order chi connectivity index (χ0) is 11.8. The van der Waals surface area contributed by atoms with Gasteiger partial charge >= 0.3 is 0 Å². The van der Waals surface area contributed by atoms with Gasteiger partial charge in [0.1, 0.15) is 0 Å². The molecule has 0 saturated heterocycles. The molecule has 16 heavy (non-hydrogen) atoms. The molecule has 4 heteroatoms. The maximum absolute atomic E-state index is 9.75. The summed E-state index contributed by atoms with van der Waals surface area (Å²) < 4.78 is 10.2. The first-order chi connectivity index (χ1) is 7.58. The normalized spacial score (nSPS) is 16.9. The van der Waals surface area contributed by atoms with E-state index < -0.39 is 0 Å². The number of hydrogen-bond donors (Lipinski definition) is 2. The molecule has 2 rings (SSSR count). The monoisotopic (exact) mass is 223 g/mol. The van der Waals surface area contributed by atoms with Crippen LogP contribution in [0, 0.1) is 0 Å². The fraction of sp³-hybridized carbons (Fsp3) is 0.500. The number of benzene rings is 1. The average molecular weight is 223 g/mol. The molecule has 4 nitrogen and oxygen atoms in total. The summed E-state index contributed by atoms with van der Waals surface area (Å²) in [5.41, 5.74) is 7.03. The van der Waals surface area contributed by atoms with Crippen molar-refractivity contribution in [3.8, 4) is 17.2 Å². The van der Waals surface area contributed by atoms with Gasteiger partial charge in [-0.1, -0.05) is 0 Å². The van der Waals surface area contributed by atoms with E-state index in [1.54, 1.807) is 0 Å². The standard InChI is InChI=1S/C12H17NO3/c1-15-9-5-8(7-12(13)3-4-12)6-10(16-2)11(9)14/h5-6,14H,3-4,7,13H2,1-2H3. The van der Waals surface area contributed by atoms with Crippen molar-refractivity contribution in [1.82, 2.24) is 0 Å². The Morgan fingerprint density at radius 1 is 1.25 bits per heavy atom. The van der Waals surface area contributed by atoms with Crippen LogP contribution >= 0.6 is 0 Å². The van der Waals surface area contributed by atoms with Gasteiger partial charge < -0.3 is 20.3 Å². The number of nitrogens with two attached hydrogens (primary N) is 1. The fourth-order valence-corrected chi connectivity index (χ4v) is 1.79. The zero-order valence-electron chi connectivity index (χ0n) is 9.62. The average Bonchev–Trinajstić information content (AvgIpc) is 2.98. The number of aromatic hydroxyl groups is 1. The summed E-state index contributed by atoms with van der Waals surface area (Å²) in [6, 6.07) is 3.62. The summed E-state index contributed by atoms with van der Waals surface area (Å²) in [7, 11) is 3.04. The Labute approximate surface area is 95.0 Å². The molecule has 1 aliphatic rings. The molecule has 1 aromatic carbocycles. The van der Waals surface area contributed by atoms with Crippen molar-refractivity contribution in [2.24, 2.45) is 5.73 Å². The van der Waals surface area contributed by atoms with Crippen LogP contribution in [0.3, 0.4) is 0 Å². The van der Waals surface area contributed by atoms with E-state index in [-0.39, 0.29) is 11.3 Å². The zero-order valence-corrected chi connectivity index (χ0v) is 9.62. The van der Waals surface area contributed by atoms with Crippen LogP contribution in [0.15, 0.2) is 12.1 Å². The van der Waals surface area contributed by atoms with Crippen LogP contribution in [0.4, 0.5) is 0 Å². The van der Waals surface area contributed by atoms with Crippen LogP contribution in [0.5, 0.6) is 17.2 Å². The minimum absolute atomic E-state index is 0.0376. The molecule has 0 amide bonds. The lowest BCUT2D eigenvalue weighted by molar-refractivity contribution is 0.339. The van der Waals surface area contributed by atoms with Crippen molar-refractivity contribution in [3.63, 3.8) is 0 Å². The number of phenolic OH excluding ortho intramolecular Hbond substituents is 1. The van der Waals surface area contributed by atoms with E-state index in [2.05, 4.69) is 0 Å². The lowest BCUT2D eigenvalue weighted by atomic mass is 10.0. The van der Waals surface area contributed by atoms with E-state index in [0.717, 1.165) is 24.8 Å². The van der Waals surface area contributed by atoms with Gasteiger partial charge in [-0.3, -0.25) is 0 Å². The van der Waals surface area contributed by atoms with Crippen molar-refractivity contribution in [1.29, 1.82) is 0 Å². The van der Waals surface area contributed by atoms with Gasteiger partial charge in [-0.25, -0.2) is 0 Å². The lowest BCUT2D eigenvalue weighted by Crippen LogP contribution is -2.24. The van der Waals surface area contributed by atoms with E-state index in [1.165, 1.54) is 14.2 Å². The third-order valence-electron chi connectivity index (χ3n) is 2.99. The Kier molecular flexibility index (Phi) is 2.68. The molecule has 0 aromatic heterocycles. The van der Waals surface area contributed by atoms with Gasteiger partial charge in [0.2, 0.25) is 5.75 Å². The van der Waals surface area contributed by atoms with E-state index in [4.69, 9.17) is 15.2 Å². The molecule has 0 spiro atoms. The summed E-state index contributed by atoms with van der Waals surface area (Å²) in [6.45, 7) is 0. The van der Waals surface area contributed by atoms with E-state index in [9.17, 15) is 5.11 Å². The van der Waals surface area contributed by atoms with Gasteiger partial charge in [0.05, 0.1) is 14.2 Å². The third-order valence-corrected chi connectivity index (χ3v) is 2.99. The van der Waals surface area contributed by atoms with Crippen molar-refractivity contribution >= 4 is 0 Å². The molecule has 1 aromatic rings. The Morgan fingerprint density at radius 3 is 2.12 bits per heavy atom. The molecule has 1 aliphatic carbocycles. The highest BCUT2D eigenvalue weighted by molar-refractivity contribution is 5.53. The van der Waals surface area contributed by atoms with Crippen LogP contribution in [-0.4, -0.2) is 24.9 Å². The molecule has 0 unspecified atom stereocenters. The van der Waals surface area contributed by atoms with Crippen molar-refractivity contribution in [3.05, 3.63) is 17.7 Å². The molecule has 3 N–H and O–H groups in total. The van der Waals surface area contributed by atoms with Crippen LogP contribution in [0.2, 0.25) is 0 Å². The van der Waals surface area contributed by atoms with Gasteiger partial charge in [0.25, 0.3) is 0 Å². The van der Waals surface area contributed by atoms with Crippen LogP contribution in [0.1, 0.15) is 18.4 Å². The SMILES string of the molecule is COc1cc(CC2(N)CC2)cc(OC)c1O. The fourth-order valence-electron chi connectivity index (χ4n) is 1.79. The highest BCUT2D eigenvalue weighted by atomic mass is 16.5. The lowest BCUT2D eigenvalue weighted by Gasteiger charge is -2.13. The maximum atomic E-state index is 9.75. The van der Waals surface area contributed by atoms with Crippen molar-refractivity contribution in [2.45, 2.75) is 24.8 Å². The molecular weight excluding hydrogens is 206 g/mol. The molecule has 0 heterocycles. The minimum atomic E-state index is -0.0625. The topological polar surface area (TPSA) is 64.7 Å². The smallest absolute Gasteiger partial charge is 0.200 e. The van der Waals surface area contributed by atoms with Gasteiger partial charge in [-0.15, -0.1) is 0 Å². The van der Waals surface area contributed by atoms with E-state index >= 15 is 0 Å². The molecule has 0 radical (unpaired) electrons. The second kappa shape index (κ2) is 3.87. The summed E-state index contributed by atoms with van der Waals surface area (Å²) >= 11 is 0. The third kappa shape index (κ3) is 2.07. The van der Waals surface area contributed by atoms with Gasteiger partial charge in [-0.05, 0) is 37.0 Å². The number of rotatable bonds is 4. The largest absolute Gasteiger partial charge is 0.502 e. The molecule has 88 valence electrons. The quantitative estimate of drug-likeness (QED) is 0.810. The van der Waals surface area contributed by atoms with Crippen LogP contribution in [0.25, 0.3) is 0 Å². The second-order valence-corrected chi connectivity index (χ2v) is 4.39.